The Morgan fingerprint density at radius 1 is 1.12 bits per heavy atom. The van der Waals surface area contributed by atoms with Crippen molar-refractivity contribution in [2.24, 2.45) is 4.99 Å². The number of benzene rings is 2. The Morgan fingerprint density at radius 3 is 2.44 bits per heavy atom. The largest absolute Gasteiger partial charge is 0.310 e. The molecule has 0 aromatic heterocycles. The summed E-state index contributed by atoms with van der Waals surface area (Å²) in [6.07, 6.45) is 1.71. The van der Waals surface area contributed by atoms with Gasteiger partial charge in [0.1, 0.15) is 5.70 Å². The van der Waals surface area contributed by atoms with Crippen molar-refractivity contribution in [2.45, 2.75) is 6.92 Å². The second-order valence-electron chi connectivity index (χ2n) is 5.66. The zero-order valence-corrected chi connectivity index (χ0v) is 13.4. The van der Waals surface area contributed by atoms with Crippen LogP contribution in [0.1, 0.15) is 12.5 Å². The molecular formula is C18H14N4O3. The van der Waals surface area contributed by atoms with Gasteiger partial charge >= 0.3 is 0 Å². The summed E-state index contributed by atoms with van der Waals surface area (Å²) in [5, 5.41) is 10.8. The van der Waals surface area contributed by atoms with Gasteiger partial charge in [-0.1, -0.05) is 12.1 Å². The normalized spacial score (nSPS) is 16.9. The van der Waals surface area contributed by atoms with Gasteiger partial charge in [0, 0.05) is 18.7 Å². The van der Waals surface area contributed by atoms with Crippen LogP contribution in [-0.4, -0.2) is 23.3 Å². The third-order valence-electron chi connectivity index (χ3n) is 4.24. The van der Waals surface area contributed by atoms with Crippen LogP contribution >= 0.6 is 0 Å². The van der Waals surface area contributed by atoms with Gasteiger partial charge in [-0.3, -0.25) is 19.8 Å². The number of rotatable bonds is 3. The van der Waals surface area contributed by atoms with Crippen LogP contribution in [0.25, 0.3) is 6.08 Å². The Kier molecular flexibility index (Phi) is 3.35. The minimum Gasteiger partial charge on any atom is -0.310 e. The van der Waals surface area contributed by atoms with E-state index in [1.54, 1.807) is 18.2 Å². The van der Waals surface area contributed by atoms with Crippen molar-refractivity contribution < 1.29 is 9.72 Å². The van der Waals surface area contributed by atoms with Gasteiger partial charge in [-0.25, -0.2) is 0 Å². The molecule has 0 aliphatic carbocycles. The monoisotopic (exact) mass is 334 g/mol. The van der Waals surface area contributed by atoms with Crippen molar-refractivity contribution in [2.75, 3.05) is 16.3 Å². The van der Waals surface area contributed by atoms with Gasteiger partial charge in [-0.05, 0) is 42.8 Å². The first-order valence-electron chi connectivity index (χ1n) is 7.86. The standard InChI is InChI=1S/C18H14N4O3/c1-2-20-14-5-3-4-6-15(14)21-16(17(23)19-18(20)21)11-12-7-9-13(10-8-12)22(24)25/h3-11H,2H2,1H3. The van der Waals surface area contributed by atoms with E-state index < -0.39 is 4.92 Å². The molecule has 4 rings (SSSR count). The van der Waals surface area contributed by atoms with Crippen molar-refractivity contribution in [3.8, 4) is 0 Å². The molecule has 2 aliphatic rings. The number of hydrogen-bond donors (Lipinski definition) is 0. The number of carbonyl (C=O) groups excluding carboxylic acids is 1. The van der Waals surface area contributed by atoms with E-state index in [9.17, 15) is 14.9 Å². The van der Waals surface area contributed by atoms with Gasteiger partial charge < -0.3 is 4.90 Å². The first-order valence-corrected chi connectivity index (χ1v) is 7.86. The van der Waals surface area contributed by atoms with E-state index in [4.69, 9.17) is 0 Å². The fraction of sp³-hybridized carbons (Fsp3) is 0.111. The SMILES string of the molecule is CCN1C2=NC(=O)C(=Cc3ccc([N+](=O)[O-])cc3)N2c2ccccc21. The van der Waals surface area contributed by atoms with Crippen molar-refractivity contribution in [1.29, 1.82) is 0 Å². The van der Waals surface area contributed by atoms with Crippen LogP contribution in [0.2, 0.25) is 0 Å². The molecule has 0 radical (unpaired) electrons. The van der Waals surface area contributed by atoms with Crippen LogP contribution in [0.3, 0.4) is 0 Å². The number of aliphatic imine (C=N–C) groups is 1. The van der Waals surface area contributed by atoms with Crippen LogP contribution in [0.4, 0.5) is 17.1 Å². The summed E-state index contributed by atoms with van der Waals surface area (Å²) >= 11 is 0. The van der Waals surface area contributed by atoms with Gasteiger partial charge in [0.25, 0.3) is 11.6 Å². The molecule has 0 bridgehead atoms. The molecule has 0 saturated carbocycles. The lowest BCUT2D eigenvalue weighted by Crippen LogP contribution is -2.34. The Balaban J connectivity index is 1.77. The first-order chi connectivity index (χ1) is 12.1. The smallest absolute Gasteiger partial charge is 0.297 e. The quantitative estimate of drug-likeness (QED) is 0.489. The van der Waals surface area contributed by atoms with Crippen molar-refractivity contribution in [3.05, 3.63) is 69.9 Å². The lowest BCUT2D eigenvalue weighted by molar-refractivity contribution is -0.384. The highest BCUT2D eigenvalue weighted by molar-refractivity contribution is 6.31. The fourth-order valence-electron chi connectivity index (χ4n) is 3.10. The van der Waals surface area contributed by atoms with E-state index in [0.29, 0.717) is 23.8 Å². The van der Waals surface area contributed by atoms with E-state index in [0.717, 1.165) is 11.4 Å². The summed E-state index contributed by atoms with van der Waals surface area (Å²) in [6, 6.07) is 13.9. The number of nitrogens with zero attached hydrogens (tertiary/aromatic N) is 4. The predicted molar refractivity (Wildman–Crippen MR) is 95.5 cm³/mol. The lowest BCUT2D eigenvalue weighted by Gasteiger charge is -2.16. The average molecular weight is 334 g/mol. The highest BCUT2D eigenvalue weighted by atomic mass is 16.6. The summed E-state index contributed by atoms with van der Waals surface area (Å²) < 4.78 is 0. The molecular weight excluding hydrogens is 320 g/mol. The molecule has 0 fully saturated rings. The minimum absolute atomic E-state index is 0.0144. The number of fused-ring (bicyclic) bond motifs is 3. The molecule has 1 amide bonds. The van der Waals surface area contributed by atoms with Crippen LogP contribution in [0.15, 0.2) is 59.2 Å². The number of guanidine groups is 1. The summed E-state index contributed by atoms with van der Waals surface area (Å²) in [5.41, 5.74) is 3.07. The molecule has 124 valence electrons. The van der Waals surface area contributed by atoms with Crippen LogP contribution in [0, 0.1) is 10.1 Å². The fourth-order valence-corrected chi connectivity index (χ4v) is 3.10. The maximum absolute atomic E-state index is 12.4. The number of hydrogen-bond acceptors (Lipinski definition) is 5. The van der Waals surface area contributed by atoms with Gasteiger partial charge in [0.2, 0.25) is 5.96 Å². The first kappa shape index (κ1) is 15.1. The average Bonchev–Trinajstić information content (AvgIpc) is 3.09. The molecule has 2 aliphatic heterocycles. The number of nitro groups is 1. The Labute approximate surface area is 143 Å². The maximum Gasteiger partial charge on any atom is 0.297 e. The van der Waals surface area contributed by atoms with Gasteiger partial charge in [0.05, 0.1) is 16.3 Å². The van der Waals surface area contributed by atoms with E-state index in [-0.39, 0.29) is 11.6 Å². The minimum atomic E-state index is -0.450. The summed E-state index contributed by atoms with van der Waals surface area (Å²) in [5.74, 6) is 0.281. The molecule has 25 heavy (non-hydrogen) atoms. The molecule has 0 saturated heterocycles. The number of nitro benzene ring substituents is 1. The van der Waals surface area contributed by atoms with Gasteiger partial charge in [-0.15, -0.1) is 0 Å². The number of para-hydroxylation sites is 2. The third kappa shape index (κ3) is 2.28. The Bertz CT molecular complexity index is 947. The number of anilines is 2. The van der Waals surface area contributed by atoms with E-state index in [1.165, 1.54) is 12.1 Å². The van der Waals surface area contributed by atoms with Crippen molar-refractivity contribution in [1.82, 2.24) is 0 Å². The molecule has 7 nitrogen and oxygen atoms in total. The second-order valence-corrected chi connectivity index (χ2v) is 5.66. The molecule has 0 N–H and O–H groups in total. The molecule has 0 unspecified atom stereocenters. The van der Waals surface area contributed by atoms with Crippen molar-refractivity contribution >= 4 is 35.0 Å². The van der Waals surface area contributed by atoms with Gasteiger partial charge in [0.15, 0.2) is 0 Å². The number of amides is 1. The topological polar surface area (TPSA) is 79.0 Å². The van der Waals surface area contributed by atoms with Gasteiger partial charge in [-0.2, -0.15) is 4.99 Å². The number of non-ortho nitro benzene ring substituents is 1. The van der Waals surface area contributed by atoms with Crippen LogP contribution < -0.4 is 9.80 Å². The highest BCUT2D eigenvalue weighted by Crippen LogP contribution is 2.42. The zero-order valence-electron chi connectivity index (χ0n) is 13.4. The Hall–Kier alpha value is -3.48. The summed E-state index contributed by atoms with van der Waals surface area (Å²) in [7, 11) is 0. The highest BCUT2D eigenvalue weighted by Gasteiger charge is 2.41. The molecule has 2 aromatic carbocycles. The van der Waals surface area contributed by atoms with Crippen LogP contribution in [0.5, 0.6) is 0 Å². The van der Waals surface area contributed by atoms with Crippen molar-refractivity contribution in [3.63, 3.8) is 0 Å². The molecule has 2 heterocycles. The molecule has 2 aromatic rings. The van der Waals surface area contributed by atoms with Crippen LogP contribution in [-0.2, 0) is 4.79 Å². The Morgan fingerprint density at radius 2 is 1.80 bits per heavy atom. The lowest BCUT2D eigenvalue weighted by atomic mass is 10.1. The summed E-state index contributed by atoms with van der Waals surface area (Å²) in [6.45, 7) is 2.70. The predicted octanol–water partition coefficient (Wildman–Crippen LogP) is 3.18. The molecule has 7 heteroatoms. The second kappa shape index (κ2) is 5.55. The summed E-state index contributed by atoms with van der Waals surface area (Å²) in [4.78, 5) is 30.7. The third-order valence-corrected chi connectivity index (χ3v) is 4.24. The number of carbonyl (C=O) groups is 1. The van der Waals surface area contributed by atoms with E-state index in [2.05, 4.69) is 4.99 Å². The molecule has 0 spiro atoms. The van der Waals surface area contributed by atoms with E-state index in [1.807, 2.05) is 41.0 Å². The molecule has 0 atom stereocenters. The zero-order chi connectivity index (χ0) is 17.6. The maximum atomic E-state index is 12.4. The van der Waals surface area contributed by atoms with E-state index >= 15 is 0 Å².